The average Bonchev–Trinajstić information content (AvgIpc) is 2.72. The summed E-state index contributed by atoms with van der Waals surface area (Å²) in [6.07, 6.45) is 1.61. The Kier molecular flexibility index (Phi) is 5.37. The summed E-state index contributed by atoms with van der Waals surface area (Å²) in [5, 5.41) is 19.9. The molecule has 0 bridgehead atoms. The van der Waals surface area contributed by atoms with E-state index >= 15 is 0 Å². The second-order valence-electron chi connectivity index (χ2n) is 5.57. The molecule has 5 heteroatoms. The normalized spacial score (nSPS) is 10.0. The second kappa shape index (κ2) is 8.24. The van der Waals surface area contributed by atoms with Gasteiger partial charge in [0.2, 0.25) is 0 Å². The fourth-order valence-electron chi connectivity index (χ4n) is 2.30. The number of rotatable bonds is 3. The Morgan fingerprint density at radius 3 is 2.22 bits per heavy atom. The van der Waals surface area contributed by atoms with E-state index in [0.29, 0.717) is 5.69 Å². The van der Waals surface area contributed by atoms with Crippen LogP contribution in [0.25, 0.3) is 0 Å². The molecule has 5 nitrogen and oxygen atoms in total. The zero-order valence-electron chi connectivity index (χ0n) is 14.2. The molecular formula is C22H13N3O2. The van der Waals surface area contributed by atoms with Gasteiger partial charge in [0, 0.05) is 29.5 Å². The molecule has 0 heterocycles. The predicted molar refractivity (Wildman–Crippen MR) is 104 cm³/mol. The van der Waals surface area contributed by atoms with Gasteiger partial charge in [-0.05, 0) is 35.9 Å². The summed E-state index contributed by atoms with van der Waals surface area (Å²) in [7, 11) is 0. The quantitative estimate of drug-likeness (QED) is 0.299. The van der Waals surface area contributed by atoms with Crippen LogP contribution in [0.4, 0.5) is 11.4 Å². The summed E-state index contributed by atoms with van der Waals surface area (Å²) in [5.41, 5.74) is 3.07. The maximum absolute atomic E-state index is 10.8. The molecule has 0 aliphatic rings. The maximum Gasteiger partial charge on any atom is 0.270 e. The lowest BCUT2D eigenvalue weighted by Crippen LogP contribution is -1.89. The van der Waals surface area contributed by atoms with E-state index in [-0.39, 0.29) is 11.3 Å². The molecule has 0 aliphatic heterocycles. The number of aliphatic imine (C=N–C) groups is 1. The Balaban J connectivity index is 1.76. The van der Waals surface area contributed by atoms with Gasteiger partial charge in [0.25, 0.3) is 5.69 Å². The van der Waals surface area contributed by atoms with Crippen molar-refractivity contribution in [3.05, 3.63) is 105 Å². The highest BCUT2D eigenvalue weighted by Gasteiger charge is 2.09. The molecule has 0 spiro atoms. The van der Waals surface area contributed by atoms with Crippen molar-refractivity contribution in [2.45, 2.75) is 0 Å². The lowest BCUT2D eigenvalue weighted by atomic mass is 10.1. The van der Waals surface area contributed by atoms with Crippen LogP contribution >= 0.6 is 0 Å². The van der Waals surface area contributed by atoms with Crippen LogP contribution in [0.2, 0.25) is 0 Å². The van der Waals surface area contributed by atoms with Crippen molar-refractivity contribution in [2.24, 2.45) is 4.99 Å². The molecule has 27 heavy (non-hydrogen) atoms. The van der Waals surface area contributed by atoms with Crippen LogP contribution in [-0.2, 0) is 0 Å². The summed E-state index contributed by atoms with van der Waals surface area (Å²) in [6.45, 7) is 0. The van der Waals surface area contributed by atoms with E-state index in [9.17, 15) is 10.1 Å². The van der Waals surface area contributed by atoms with Gasteiger partial charge < -0.3 is 0 Å². The highest BCUT2D eigenvalue weighted by atomic mass is 16.6. The first-order valence-electron chi connectivity index (χ1n) is 8.05. The van der Waals surface area contributed by atoms with Crippen LogP contribution in [0, 0.1) is 33.3 Å². The third kappa shape index (κ3) is 4.66. The molecule has 0 unspecified atom stereocenters. The van der Waals surface area contributed by atoms with Crippen LogP contribution in [0.3, 0.4) is 0 Å². The molecule has 0 radical (unpaired) electrons. The first-order chi connectivity index (χ1) is 13.2. The van der Waals surface area contributed by atoms with Gasteiger partial charge >= 0.3 is 0 Å². The van der Waals surface area contributed by atoms with Gasteiger partial charge in [-0.1, -0.05) is 42.2 Å². The van der Waals surface area contributed by atoms with Crippen molar-refractivity contribution in [3.8, 4) is 17.9 Å². The molecule has 0 amide bonds. The van der Waals surface area contributed by atoms with Crippen LogP contribution < -0.4 is 0 Å². The van der Waals surface area contributed by atoms with E-state index in [0.717, 1.165) is 16.7 Å². The van der Waals surface area contributed by atoms with Crippen molar-refractivity contribution in [1.29, 1.82) is 5.26 Å². The fourth-order valence-corrected chi connectivity index (χ4v) is 2.30. The lowest BCUT2D eigenvalue weighted by Gasteiger charge is -1.98. The number of non-ortho nitro benzene ring substituents is 1. The second-order valence-corrected chi connectivity index (χ2v) is 5.57. The molecule has 0 saturated heterocycles. The van der Waals surface area contributed by atoms with E-state index < -0.39 is 4.92 Å². The Bertz CT molecular complexity index is 1100. The number of nitro benzene ring substituents is 1. The van der Waals surface area contributed by atoms with Gasteiger partial charge in [0.05, 0.1) is 16.2 Å². The number of nitriles is 1. The zero-order valence-corrected chi connectivity index (χ0v) is 14.2. The van der Waals surface area contributed by atoms with Gasteiger partial charge in [0.1, 0.15) is 6.07 Å². The first kappa shape index (κ1) is 17.6. The fraction of sp³-hybridized carbons (Fsp3) is 0. The number of hydrogen-bond donors (Lipinski definition) is 0. The number of nitrogens with zero attached hydrogens (tertiary/aromatic N) is 3. The highest BCUT2D eigenvalue weighted by molar-refractivity contribution is 5.83. The topological polar surface area (TPSA) is 79.3 Å². The SMILES string of the molecule is N#Cc1cc([N+](=O)[O-])ccc1N=Cc1ccc(C#Cc2ccccc2)cc1. The Hall–Kier alpha value is -4.22. The molecule has 0 N–H and O–H groups in total. The van der Waals surface area contributed by atoms with Crippen molar-refractivity contribution < 1.29 is 4.92 Å². The highest BCUT2D eigenvalue weighted by Crippen LogP contribution is 2.23. The summed E-state index contributed by atoms with van der Waals surface area (Å²) >= 11 is 0. The van der Waals surface area contributed by atoms with Gasteiger partial charge in [-0.2, -0.15) is 5.26 Å². The molecule has 0 aromatic heterocycles. The Morgan fingerprint density at radius 2 is 1.59 bits per heavy atom. The van der Waals surface area contributed by atoms with Crippen molar-refractivity contribution in [3.63, 3.8) is 0 Å². The van der Waals surface area contributed by atoms with Crippen LogP contribution in [0.1, 0.15) is 22.3 Å². The number of benzene rings is 3. The lowest BCUT2D eigenvalue weighted by molar-refractivity contribution is -0.384. The average molecular weight is 351 g/mol. The molecule has 0 fully saturated rings. The molecule has 3 aromatic rings. The van der Waals surface area contributed by atoms with Crippen LogP contribution in [-0.4, -0.2) is 11.1 Å². The van der Waals surface area contributed by atoms with Crippen molar-refractivity contribution in [2.75, 3.05) is 0 Å². The van der Waals surface area contributed by atoms with Crippen LogP contribution in [0.15, 0.2) is 77.8 Å². The van der Waals surface area contributed by atoms with E-state index in [4.69, 9.17) is 5.26 Å². The van der Waals surface area contributed by atoms with E-state index in [1.807, 2.05) is 60.7 Å². The standard InChI is InChI=1S/C22H13N3O2/c23-15-20-14-21(25(26)27)12-13-22(20)24-16-19-10-8-18(9-11-19)7-6-17-4-2-1-3-5-17/h1-5,8-14,16H. The summed E-state index contributed by atoms with van der Waals surface area (Å²) in [4.78, 5) is 14.5. The van der Waals surface area contributed by atoms with E-state index in [1.54, 1.807) is 6.21 Å². The monoisotopic (exact) mass is 351 g/mol. The Morgan fingerprint density at radius 1 is 0.926 bits per heavy atom. The molecular weight excluding hydrogens is 338 g/mol. The third-order valence-electron chi connectivity index (χ3n) is 3.70. The molecule has 3 aromatic carbocycles. The minimum absolute atomic E-state index is 0.133. The minimum Gasteiger partial charge on any atom is -0.258 e. The van der Waals surface area contributed by atoms with Gasteiger partial charge in [-0.15, -0.1) is 0 Å². The summed E-state index contributed by atoms with van der Waals surface area (Å²) in [6, 6.07) is 23.2. The van der Waals surface area contributed by atoms with E-state index in [1.165, 1.54) is 18.2 Å². The maximum atomic E-state index is 10.8. The van der Waals surface area contributed by atoms with Crippen LogP contribution in [0.5, 0.6) is 0 Å². The summed E-state index contributed by atoms with van der Waals surface area (Å²) < 4.78 is 0. The first-order valence-corrected chi connectivity index (χ1v) is 8.05. The molecule has 0 aliphatic carbocycles. The number of nitro groups is 1. The van der Waals surface area contributed by atoms with Crippen molar-refractivity contribution >= 4 is 17.6 Å². The molecule has 3 rings (SSSR count). The predicted octanol–water partition coefficient (Wildman–Crippen LogP) is 4.62. The Labute approximate surface area is 156 Å². The zero-order chi connectivity index (χ0) is 19.1. The number of hydrogen-bond acceptors (Lipinski definition) is 4. The van der Waals surface area contributed by atoms with Crippen molar-refractivity contribution in [1.82, 2.24) is 0 Å². The largest absolute Gasteiger partial charge is 0.270 e. The van der Waals surface area contributed by atoms with Gasteiger partial charge in [-0.25, -0.2) is 0 Å². The molecule has 128 valence electrons. The summed E-state index contributed by atoms with van der Waals surface area (Å²) in [5.74, 6) is 6.19. The smallest absolute Gasteiger partial charge is 0.258 e. The minimum atomic E-state index is -0.538. The van der Waals surface area contributed by atoms with Gasteiger partial charge in [0.15, 0.2) is 0 Å². The molecule has 0 atom stereocenters. The van der Waals surface area contributed by atoms with Gasteiger partial charge in [-0.3, -0.25) is 15.1 Å². The third-order valence-corrected chi connectivity index (χ3v) is 3.70. The van der Waals surface area contributed by atoms with E-state index in [2.05, 4.69) is 16.8 Å². The molecule has 0 saturated carbocycles.